The van der Waals surface area contributed by atoms with Crippen LogP contribution in [0.2, 0.25) is 0 Å². The summed E-state index contributed by atoms with van der Waals surface area (Å²) >= 11 is 0. The van der Waals surface area contributed by atoms with Crippen molar-refractivity contribution < 1.29 is 9.90 Å². The second-order valence-electron chi connectivity index (χ2n) is 6.14. The number of hydrazone groups is 1. The summed E-state index contributed by atoms with van der Waals surface area (Å²) in [6.07, 6.45) is 3.67. The highest BCUT2D eigenvalue weighted by Crippen LogP contribution is 2.40. The van der Waals surface area contributed by atoms with E-state index in [-0.39, 0.29) is 11.7 Å². The number of nitrogens with zero attached hydrogens (tertiary/aromatic N) is 2. The number of para-hydroxylation sites is 2. The second kappa shape index (κ2) is 6.36. The van der Waals surface area contributed by atoms with E-state index in [0.29, 0.717) is 17.0 Å². The maximum Gasteiger partial charge on any atom is 0.272 e. The molecule has 0 radical (unpaired) electrons. The number of amides is 1. The van der Waals surface area contributed by atoms with E-state index < -0.39 is 0 Å². The summed E-state index contributed by atoms with van der Waals surface area (Å²) < 4.78 is 0. The van der Waals surface area contributed by atoms with Crippen LogP contribution in [0.1, 0.15) is 40.4 Å². The van der Waals surface area contributed by atoms with Gasteiger partial charge in [0.15, 0.2) is 0 Å². The third kappa shape index (κ3) is 3.21. The minimum absolute atomic E-state index is 0.117. The number of pyridine rings is 1. The molecule has 2 N–H and O–H groups in total. The summed E-state index contributed by atoms with van der Waals surface area (Å²) in [7, 11) is 0. The molecule has 25 heavy (non-hydrogen) atoms. The molecule has 1 aliphatic rings. The Labute approximate surface area is 145 Å². The molecule has 0 aliphatic heterocycles. The zero-order valence-electron chi connectivity index (χ0n) is 13.5. The van der Waals surface area contributed by atoms with Crippen molar-refractivity contribution >= 4 is 23.0 Å². The minimum atomic E-state index is -0.285. The number of aromatic nitrogens is 1. The third-order valence-electron chi connectivity index (χ3n) is 4.28. The number of rotatable bonds is 4. The summed E-state index contributed by atoms with van der Waals surface area (Å²) in [6.45, 7) is 0. The average molecular weight is 331 g/mol. The summed E-state index contributed by atoms with van der Waals surface area (Å²) in [5, 5.41) is 14.5. The predicted molar refractivity (Wildman–Crippen MR) is 96.9 cm³/mol. The van der Waals surface area contributed by atoms with Gasteiger partial charge < -0.3 is 5.11 Å². The van der Waals surface area contributed by atoms with Crippen LogP contribution in [0.15, 0.2) is 59.7 Å². The number of carbonyl (C=O) groups is 1. The summed E-state index contributed by atoms with van der Waals surface area (Å²) in [5.74, 6) is 0.291. The number of carbonyl (C=O) groups excluding carboxylic acids is 1. The number of phenols is 1. The minimum Gasteiger partial charge on any atom is -0.507 e. The Hall–Kier alpha value is -3.21. The van der Waals surface area contributed by atoms with Crippen molar-refractivity contribution in [1.82, 2.24) is 10.4 Å². The van der Waals surface area contributed by atoms with E-state index in [0.717, 1.165) is 29.4 Å². The maximum atomic E-state index is 12.6. The fourth-order valence-corrected chi connectivity index (χ4v) is 2.79. The van der Waals surface area contributed by atoms with Gasteiger partial charge in [-0.15, -0.1) is 0 Å². The quantitative estimate of drug-likeness (QED) is 0.567. The molecule has 1 heterocycles. The fraction of sp³-hybridized carbons (Fsp3) is 0.150. The van der Waals surface area contributed by atoms with Gasteiger partial charge in [-0.3, -0.25) is 9.78 Å². The van der Waals surface area contributed by atoms with Crippen molar-refractivity contribution in [1.29, 1.82) is 0 Å². The number of nitrogens with one attached hydrogen (secondary N) is 1. The monoisotopic (exact) mass is 331 g/mol. The number of phenolic OH excluding ortho intramolecular Hbond substituents is 1. The summed E-state index contributed by atoms with van der Waals surface area (Å²) in [4.78, 5) is 17.3. The standard InChI is InChI=1S/C20H17N3O2/c24-19-8-4-1-5-14(19)12-21-23-20(25)16-11-18(13-9-10-13)22-17-7-3-2-6-15(16)17/h1-8,11-13,24H,9-10H2,(H,23,25)/b21-12-. The Bertz CT molecular complexity index is 978. The molecule has 1 aliphatic carbocycles. The first kappa shape index (κ1) is 15.3. The molecular formula is C20H17N3O2. The lowest BCUT2D eigenvalue weighted by molar-refractivity contribution is 0.0956. The van der Waals surface area contributed by atoms with Gasteiger partial charge in [0.1, 0.15) is 5.75 Å². The third-order valence-corrected chi connectivity index (χ3v) is 4.28. The van der Waals surface area contributed by atoms with E-state index in [2.05, 4.69) is 15.5 Å². The van der Waals surface area contributed by atoms with Gasteiger partial charge in [-0.2, -0.15) is 5.10 Å². The first-order chi connectivity index (χ1) is 12.2. The lowest BCUT2D eigenvalue weighted by Gasteiger charge is -2.08. The highest BCUT2D eigenvalue weighted by atomic mass is 16.3. The van der Waals surface area contributed by atoms with Crippen LogP contribution in [-0.2, 0) is 0 Å². The van der Waals surface area contributed by atoms with Gasteiger partial charge in [-0.05, 0) is 37.1 Å². The molecular weight excluding hydrogens is 314 g/mol. The first-order valence-corrected chi connectivity index (χ1v) is 8.23. The highest BCUT2D eigenvalue weighted by molar-refractivity contribution is 6.06. The molecule has 1 aromatic heterocycles. The number of aromatic hydroxyl groups is 1. The molecule has 1 fully saturated rings. The van der Waals surface area contributed by atoms with Gasteiger partial charge >= 0.3 is 0 Å². The van der Waals surface area contributed by atoms with Crippen molar-refractivity contribution in [2.24, 2.45) is 5.10 Å². The Kier molecular flexibility index (Phi) is 3.90. The summed E-state index contributed by atoms with van der Waals surface area (Å²) in [5.41, 5.74) is 5.45. The van der Waals surface area contributed by atoms with Gasteiger partial charge in [-0.1, -0.05) is 30.3 Å². The molecule has 0 bridgehead atoms. The number of fused-ring (bicyclic) bond motifs is 1. The molecule has 1 saturated carbocycles. The average Bonchev–Trinajstić information content (AvgIpc) is 3.47. The van der Waals surface area contributed by atoms with E-state index >= 15 is 0 Å². The van der Waals surface area contributed by atoms with Crippen LogP contribution in [0.5, 0.6) is 5.75 Å². The molecule has 3 aromatic rings. The normalized spacial score (nSPS) is 14.1. The zero-order chi connectivity index (χ0) is 17.2. The molecule has 0 spiro atoms. The van der Waals surface area contributed by atoms with Gasteiger partial charge in [0.2, 0.25) is 0 Å². The van der Waals surface area contributed by atoms with Gasteiger partial charge in [0, 0.05) is 22.6 Å². The smallest absolute Gasteiger partial charge is 0.272 e. The first-order valence-electron chi connectivity index (χ1n) is 8.23. The van der Waals surface area contributed by atoms with Crippen molar-refractivity contribution in [2.75, 3.05) is 0 Å². The van der Waals surface area contributed by atoms with Crippen LogP contribution < -0.4 is 5.43 Å². The Morgan fingerprint density at radius 1 is 1.16 bits per heavy atom. The van der Waals surface area contributed by atoms with Gasteiger partial charge in [0.25, 0.3) is 5.91 Å². The fourth-order valence-electron chi connectivity index (χ4n) is 2.79. The van der Waals surface area contributed by atoms with Gasteiger partial charge in [-0.25, -0.2) is 5.43 Å². The lowest BCUT2D eigenvalue weighted by Crippen LogP contribution is -2.18. The van der Waals surface area contributed by atoms with Crippen LogP contribution in [-0.4, -0.2) is 22.2 Å². The van der Waals surface area contributed by atoms with Crippen molar-refractivity contribution in [3.8, 4) is 5.75 Å². The molecule has 0 atom stereocenters. The van der Waals surface area contributed by atoms with E-state index in [1.165, 1.54) is 6.21 Å². The van der Waals surface area contributed by atoms with E-state index in [1.807, 2.05) is 30.3 Å². The van der Waals surface area contributed by atoms with Crippen molar-refractivity contribution in [2.45, 2.75) is 18.8 Å². The van der Waals surface area contributed by atoms with Crippen LogP contribution in [0.3, 0.4) is 0 Å². The van der Waals surface area contributed by atoms with E-state index in [4.69, 9.17) is 0 Å². The highest BCUT2D eigenvalue weighted by Gasteiger charge is 2.26. The van der Waals surface area contributed by atoms with Crippen LogP contribution >= 0.6 is 0 Å². The summed E-state index contributed by atoms with van der Waals surface area (Å²) in [6, 6.07) is 16.3. The predicted octanol–water partition coefficient (Wildman–Crippen LogP) is 3.58. The van der Waals surface area contributed by atoms with Crippen LogP contribution in [0.4, 0.5) is 0 Å². The lowest BCUT2D eigenvalue weighted by atomic mass is 10.1. The molecule has 0 unspecified atom stereocenters. The van der Waals surface area contributed by atoms with Crippen LogP contribution in [0, 0.1) is 0 Å². The van der Waals surface area contributed by atoms with Gasteiger partial charge in [0.05, 0.1) is 17.3 Å². The Morgan fingerprint density at radius 3 is 2.72 bits per heavy atom. The zero-order valence-corrected chi connectivity index (χ0v) is 13.5. The molecule has 1 amide bonds. The Morgan fingerprint density at radius 2 is 1.92 bits per heavy atom. The van der Waals surface area contributed by atoms with E-state index in [9.17, 15) is 9.90 Å². The number of hydrogen-bond donors (Lipinski definition) is 2. The molecule has 0 saturated heterocycles. The number of benzene rings is 2. The van der Waals surface area contributed by atoms with Crippen molar-refractivity contribution in [3.63, 3.8) is 0 Å². The van der Waals surface area contributed by atoms with E-state index in [1.54, 1.807) is 24.3 Å². The topological polar surface area (TPSA) is 74.6 Å². The molecule has 124 valence electrons. The molecule has 4 rings (SSSR count). The maximum absolute atomic E-state index is 12.6. The van der Waals surface area contributed by atoms with Crippen molar-refractivity contribution in [3.05, 3.63) is 71.4 Å². The molecule has 2 aromatic carbocycles. The SMILES string of the molecule is O=C(N/N=C\c1ccccc1O)c1cc(C2CC2)nc2ccccc12. The van der Waals surface area contributed by atoms with Crippen LogP contribution in [0.25, 0.3) is 10.9 Å². The largest absolute Gasteiger partial charge is 0.507 e. The molecule has 5 heteroatoms. The molecule has 5 nitrogen and oxygen atoms in total. The second-order valence-corrected chi connectivity index (χ2v) is 6.14. The number of hydrogen-bond acceptors (Lipinski definition) is 4. The Balaban J connectivity index is 1.62.